The highest BCUT2D eigenvalue weighted by molar-refractivity contribution is 6.31. The second-order valence-corrected chi connectivity index (χ2v) is 8.91. The van der Waals surface area contributed by atoms with Crippen LogP contribution in [0.4, 0.5) is 18.9 Å². The molecule has 2 aliphatic rings. The van der Waals surface area contributed by atoms with E-state index < -0.39 is 11.7 Å². The van der Waals surface area contributed by atoms with E-state index in [0.717, 1.165) is 49.1 Å². The maximum atomic E-state index is 13.0. The first kappa shape index (κ1) is 22.9. The normalized spacial score (nSPS) is 18.8. The average molecular weight is 466 g/mol. The summed E-state index contributed by atoms with van der Waals surface area (Å²) in [5.74, 6) is 0.184. The molecule has 0 bridgehead atoms. The summed E-state index contributed by atoms with van der Waals surface area (Å²) in [6, 6.07) is 13.2. The molecule has 0 saturated carbocycles. The minimum absolute atomic E-state index is 0.0117. The van der Waals surface area contributed by atoms with Gasteiger partial charge >= 0.3 is 6.18 Å². The zero-order valence-electron chi connectivity index (χ0n) is 17.8. The summed E-state index contributed by atoms with van der Waals surface area (Å²) < 4.78 is 39.0. The molecule has 0 N–H and O–H groups in total. The van der Waals surface area contributed by atoms with Crippen LogP contribution in [0.25, 0.3) is 0 Å². The van der Waals surface area contributed by atoms with E-state index in [4.69, 9.17) is 11.6 Å². The zero-order valence-corrected chi connectivity index (χ0v) is 18.6. The molecule has 0 atom stereocenters. The molecule has 0 unspecified atom stereocenters. The number of likely N-dealkylation sites (tertiary alicyclic amines) is 1. The van der Waals surface area contributed by atoms with Crippen molar-refractivity contribution in [3.8, 4) is 0 Å². The van der Waals surface area contributed by atoms with Gasteiger partial charge in [-0.15, -0.1) is 0 Å². The summed E-state index contributed by atoms with van der Waals surface area (Å²) in [6.45, 7) is 4.65. The Morgan fingerprint density at radius 3 is 2.28 bits per heavy atom. The van der Waals surface area contributed by atoms with Crippen LogP contribution in [-0.4, -0.2) is 55.0 Å². The van der Waals surface area contributed by atoms with Gasteiger partial charge in [0.1, 0.15) is 0 Å². The highest BCUT2D eigenvalue weighted by Gasteiger charge is 2.33. The van der Waals surface area contributed by atoms with E-state index in [0.29, 0.717) is 31.9 Å². The molecule has 2 fully saturated rings. The van der Waals surface area contributed by atoms with Crippen LogP contribution in [0.3, 0.4) is 0 Å². The lowest BCUT2D eigenvalue weighted by atomic mass is 9.94. The van der Waals surface area contributed by atoms with Crippen molar-refractivity contribution >= 4 is 23.2 Å². The van der Waals surface area contributed by atoms with Crippen molar-refractivity contribution in [3.63, 3.8) is 0 Å². The smallest absolute Gasteiger partial charge is 0.368 e. The van der Waals surface area contributed by atoms with Gasteiger partial charge in [-0.1, -0.05) is 35.9 Å². The molecule has 2 heterocycles. The van der Waals surface area contributed by atoms with Crippen LogP contribution in [0.1, 0.15) is 24.0 Å². The monoisotopic (exact) mass is 465 g/mol. The van der Waals surface area contributed by atoms with Gasteiger partial charge in [0.25, 0.3) is 0 Å². The van der Waals surface area contributed by atoms with Crippen molar-refractivity contribution in [2.75, 3.05) is 44.2 Å². The highest BCUT2D eigenvalue weighted by Crippen LogP contribution is 2.32. The Hall–Kier alpha value is -2.25. The third kappa shape index (κ3) is 5.38. The molecule has 172 valence electrons. The number of rotatable bonds is 4. The SMILES string of the molecule is O=C(C1CCN(Cc2ccccc2Cl)CC1)N1CCN(c2cccc(C(F)(F)F)c2)CC1. The Balaban J connectivity index is 1.27. The highest BCUT2D eigenvalue weighted by atomic mass is 35.5. The molecule has 8 heteroatoms. The predicted molar refractivity (Wildman–Crippen MR) is 120 cm³/mol. The summed E-state index contributed by atoms with van der Waals surface area (Å²) in [4.78, 5) is 19.1. The van der Waals surface area contributed by atoms with Gasteiger partial charge in [-0.25, -0.2) is 0 Å². The topological polar surface area (TPSA) is 26.8 Å². The van der Waals surface area contributed by atoms with Gasteiger partial charge < -0.3 is 9.80 Å². The molecule has 0 spiro atoms. The number of carbonyl (C=O) groups is 1. The zero-order chi connectivity index (χ0) is 22.7. The first-order valence-electron chi connectivity index (χ1n) is 11.0. The summed E-state index contributed by atoms with van der Waals surface area (Å²) in [5.41, 5.74) is 1.02. The molecule has 32 heavy (non-hydrogen) atoms. The van der Waals surface area contributed by atoms with Crippen LogP contribution in [0, 0.1) is 5.92 Å². The first-order valence-corrected chi connectivity index (χ1v) is 11.4. The van der Waals surface area contributed by atoms with Crippen molar-refractivity contribution in [3.05, 3.63) is 64.7 Å². The molecule has 0 aromatic heterocycles. The van der Waals surface area contributed by atoms with Gasteiger partial charge in [0.15, 0.2) is 0 Å². The summed E-state index contributed by atoms with van der Waals surface area (Å²) in [5, 5.41) is 0.768. The number of carbonyl (C=O) groups excluding carboxylic acids is 1. The van der Waals surface area contributed by atoms with Gasteiger partial charge in [-0.2, -0.15) is 13.2 Å². The van der Waals surface area contributed by atoms with E-state index in [-0.39, 0.29) is 11.8 Å². The van der Waals surface area contributed by atoms with Crippen LogP contribution in [0.2, 0.25) is 5.02 Å². The number of halogens is 4. The van der Waals surface area contributed by atoms with Crippen LogP contribution in [0.5, 0.6) is 0 Å². The average Bonchev–Trinajstić information content (AvgIpc) is 2.80. The Bertz CT molecular complexity index is 936. The number of hydrogen-bond donors (Lipinski definition) is 0. The molecule has 2 saturated heterocycles. The molecule has 4 rings (SSSR count). The summed E-state index contributed by atoms with van der Waals surface area (Å²) in [6.07, 6.45) is -2.72. The second-order valence-electron chi connectivity index (χ2n) is 8.50. The van der Waals surface area contributed by atoms with Crippen LogP contribution < -0.4 is 4.90 Å². The van der Waals surface area contributed by atoms with Gasteiger partial charge in [-0.3, -0.25) is 9.69 Å². The fraction of sp³-hybridized carbons (Fsp3) is 0.458. The Morgan fingerprint density at radius 2 is 1.62 bits per heavy atom. The predicted octanol–water partition coefficient (Wildman–Crippen LogP) is 4.92. The minimum atomic E-state index is -4.35. The second kappa shape index (κ2) is 9.71. The fourth-order valence-electron chi connectivity index (χ4n) is 4.53. The molecule has 4 nitrogen and oxygen atoms in total. The molecule has 1 amide bonds. The number of piperazine rings is 1. The largest absolute Gasteiger partial charge is 0.416 e. The minimum Gasteiger partial charge on any atom is -0.368 e. The van der Waals surface area contributed by atoms with E-state index in [1.54, 1.807) is 6.07 Å². The number of piperidine rings is 1. The lowest BCUT2D eigenvalue weighted by molar-refractivity contribution is -0.138. The number of nitrogens with zero attached hydrogens (tertiary/aromatic N) is 3. The van der Waals surface area contributed by atoms with Crippen molar-refractivity contribution in [1.82, 2.24) is 9.80 Å². The molecule has 2 aromatic rings. The Kier molecular flexibility index (Phi) is 6.96. The Morgan fingerprint density at radius 1 is 0.938 bits per heavy atom. The van der Waals surface area contributed by atoms with E-state index in [1.165, 1.54) is 12.1 Å². The third-order valence-corrected chi connectivity index (χ3v) is 6.79. The van der Waals surface area contributed by atoms with E-state index in [2.05, 4.69) is 4.90 Å². The summed E-state index contributed by atoms with van der Waals surface area (Å²) >= 11 is 6.26. The molecule has 2 aliphatic heterocycles. The number of benzene rings is 2. The van der Waals surface area contributed by atoms with E-state index in [9.17, 15) is 18.0 Å². The summed E-state index contributed by atoms with van der Waals surface area (Å²) in [7, 11) is 0. The maximum absolute atomic E-state index is 13.0. The van der Waals surface area contributed by atoms with Crippen LogP contribution >= 0.6 is 11.6 Å². The standard InChI is InChI=1S/C24H27ClF3N3O/c25-22-7-2-1-4-19(22)17-29-10-8-18(9-11-29)23(32)31-14-12-30(13-15-31)21-6-3-5-20(16-21)24(26,27)28/h1-7,16,18H,8-15,17H2. The first-order chi connectivity index (χ1) is 15.3. The van der Waals surface area contributed by atoms with Crippen molar-refractivity contribution in [2.45, 2.75) is 25.6 Å². The van der Waals surface area contributed by atoms with Gasteiger partial charge in [-0.05, 0) is 55.8 Å². The van der Waals surface area contributed by atoms with Crippen LogP contribution in [-0.2, 0) is 17.5 Å². The van der Waals surface area contributed by atoms with E-state index >= 15 is 0 Å². The Labute approximate surface area is 191 Å². The molecule has 0 aliphatic carbocycles. The number of hydrogen-bond acceptors (Lipinski definition) is 3. The number of anilines is 1. The van der Waals surface area contributed by atoms with Gasteiger partial charge in [0, 0.05) is 49.4 Å². The van der Waals surface area contributed by atoms with Crippen LogP contribution in [0.15, 0.2) is 48.5 Å². The quantitative estimate of drug-likeness (QED) is 0.641. The van der Waals surface area contributed by atoms with Crippen molar-refractivity contribution in [1.29, 1.82) is 0 Å². The lowest BCUT2D eigenvalue weighted by Gasteiger charge is -2.39. The maximum Gasteiger partial charge on any atom is 0.416 e. The molecular formula is C24H27ClF3N3O. The molecular weight excluding hydrogens is 439 g/mol. The fourth-order valence-corrected chi connectivity index (χ4v) is 4.72. The van der Waals surface area contributed by atoms with Crippen molar-refractivity contribution < 1.29 is 18.0 Å². The number of alkyl halides is 3. The number of amides is 1. The molecule has 0 radical (unpaired) electrons. The van der Waals surface area contributed by atoms with Gasteiger partial charge in [0.05, 0.1) is 5.56 Å². The van der Waals surface area contributed by atoms with Crippen molar-refractivity contribution in [2.24, 2.45) is 5.92 Å². The van der Waals surface area contributed by atoms with Gasteiger partial charge in [0.2, 0.25) is 5.91 Å². The van der Waals surface area contributed by atoms with E-state index in [1.807, 2.05) is 34.1 Å². The molecule has 2 aromatic carbocycles. The lowest BCUT2D eigenvalue weighted by Crippen LogP contribution is -2.51. The third-order valence-electron chi connectivity index (χ3n) is 6.42.